The molecule has 0 spiro atoms. The molecule has 12 heteroatoms. The molecule has 0 saturated carbocycles. The highest BCUT2D eigenvalue weighted by Gasteiger charge is 2.28. The molecule has 0 fully saturated rings. The second-order valence-electron chi connectivity index (χ2n) is 8.36. The number of carbonyl (C=O) groups is 3. The van der Waals surface area contributed by atoms with E-state index in [9.17, 15) is 14.4 Å². The monoisotopic (exact) mass is 531 g/mol. The number of thioether (sulfide) groups is 1. The quantitative estimate of drug-likeness (QED) is 0.241. The average molecular weight is 532 g/mol. The molecule has 2 amide bonds. The molecule has 0 bridgehead atoms. The lowest BCUT2D eigenvalue weighted by atomic mass is 10.1. The number of nitrogens with zero attached hydrogens (tertiary/aromatic N) is 3. The minimum absolute atomic E-state index is 0.161. The van der Waals surface area contributed by atoms with E-state index in [1.165, 1.54) is 29.4 Å². The van der Waals surface area contributed by atoms with Gasteiger partial charge in [0.1, 0.15) is 5.00 Å². The van der Waals surface area contributed by atoms with E-state index in [0.717, 1.165) is 42.5 Å². The van der Waals surface area contributed by atoms with E-state index in [0.29, 0.717) is 21.5 Å². The number of hydrogen-bond acceptors (Lipinski definition) is 9. The molecule has 0 unspecified atom stereocenters. The predicted octanol–water partition coefficient (Wildman–Crippen LogP) is 3.96. The van der Waals surface area contributed by atoms with Crippen molar-refractivity contribution in [1.29, 1.82) is 0 Å². The van der Waals surface area contributed by atoms with E-state index in [-0.39, 0.29) is 36.7 Å². The zero-order chi connectivity index (χ0) is 25.7. The third-order valence-electron chi connectivity index (χ3n) is 5.87. The molecule has 2 N–H and O–H groups in total. The molecule has 3 aromatic rings. The van der Waals surface area contributed by atoms with Gasteiger partial charge >= 0.3 is 5.97 Å². The molecule has 36 heavy (non-hydrogen) atoms. The fourth-order valence-electron chi connectivity index (χ4n) is 3.93. The maximum Gasteiger partial charge on any atom is 0.341 e. The number of furan rings is 1. The lowest BCUT2D eigenvalue weighted by Crippen LogP contribution is -2.24. The van der Waals surface area contributed by atoms with Gasteiger partial charge in [0.05, 0.1) is 30.2 Å². The van der Waals surface area contributed by atoms with Crippen LogP contribution in [0.1, 0.15) is 70.3 Å². The van der Waals surface area contributed by atoms with Gasteiger partial charge in [-0.2, -0.15) is 0 Å². The summed E-state index contributed by atoms with van der Waals surface area (Å²) in [6.45, 7) is 3.99. The Hall–Kier alpha value is -3.12. The fraction of sp³-hybridized carbons (Fsp3) is 0.458. The number of esters is 1. The van der Waals surface area contributed by atoms with Crippen LogP contribution >= 0.6 is 23.1 Å². The van der Waals surface area contributed by atoms with Gasteiger partial charge in [-0.15, -0.1) is 21.5 Å². The van der Waals surface area contributed by atoms with Crippen LogP contribution in [0.5, 0.6) is 0 Å². The fourth-order valence-corrected chi connectivity index (χ4v) is 6.04. The number of rotatable bonds is 9. The van der Waals surface area contributed by atoms with Crippen LogP contribution in [-0.4, -0.2) is 44.4 Å². The molecule has 1 aliphatic rings. The molecule has 4 rings (SSSR count). The van der Waals surface area contributed by atoms with Crippen molar-refractivity contribution < 1.29 is 23.5 Å². The zero-order valence-corrected chi connectivity index (χ0v) is 22.1. The zero-order valence-electron chi connectivity index (χ0n) is 20.5. The van der Waals surface area contributed by atoms with Gasteiger partial charge in [-0.05, 0) is 57.2 Å². The van der Waals surface area contributed by atoms with Crippen LogP contribution < -0.4 is 10.6 Å². The minimum atomic E-state index is -0.504. The Morgan fingerprint density at radius 3 is 2.81 bits per heavy atom. The number of amides is 2. The summed E-state index contributed by atoms with van der Waals surface area (Å²) in [5, 5.41) is 14.6. The molecule has 10 nitrogen and oxygen atoms in total. The first-order valence-corrected chi connectivity index (χ1v) is 13.6. The molecule has 0 aromatic carbocycles. The van der Waals surface area contributed by atoms with Crippen molar-refractivity contribution in [3.63, 3.8) is 0 Å². The van der Waals surface area contributed by atoms with E-state index in [1.54, 1.807) is 37.6 Å². The average Bonchev–Trinajstić information content (AvgIpc) is 3.55. The molecule has 1 aliphatic carbocycles. The SMILES string of the molecule is CCOC(=O)c1c(NC(=O)[C@@H](C)Sc2nnc(CNC(=O)c3ccco3)n2C)sc2c1CCCCC2. The molecular formula is C24H29N5O5S2. The van der Waals surface area contributed by atoms with E-state index in [4.69, 9.17) is 9.15 Å². The smallest absolute Gasteiger partial charge is 0.341 e. The third kappa shape index (κ3) is 5.81. The van der Waals surface area contributed by atoms with Gasteiger partial charge in [0.2, 0.25) is 5.91 Å². The van der Waals surface area contributed by atoms with Crippen molar-refractivity contribution in [3.8, 4) is 0 Å². The summed E-state index contributed by atoms with van der Waals surface area (Å²) in [7, 11) is 1.77. The van der Waals surface area contributed by atoms with E-state index < -0.39 is 5.25 Å². The second-order valence-corrected chi connectivity index (χ2v) is 10.8. The Kier molecular flexibility index (Phi) is 8.47. The lowest BCUT2D eigenvalue weighted by molar-refractivity contribution is -0.115. The summed E-state index contributed by atoms with van der Waals surface area (Å²) < 4.78 is 12.1. The van der Waals surface area contributed by atoms with Gasteiger partial charge < -0.3 is 24.4 Å². The van der Waals surface area contributed by atoms with Gasteiger partial charge in [0, 0.05) is 11.9 Å². The van der Waals surface area contributed by atoms with Gasteiger partial charge in [-0.1, -0.05) is 18.2 Å². The molecule has 3 aromatic heterocycles. The minimum Gasteiger partial charge on any atom is -0.462 e. The first kappa shape index (κ1) is 26.0. The first-order valence-electron chi connectivity index (χ1n) is 11.9. The standard InChI is InChI=1S/C24H29N5O5S2/c1-4-33-23(32)19-15-9-6-5-7-11-17(15)36-22(19)26-20(30)14(2)35-24-28-27-18(29(24)3)13-25-21(31)16-10-8-12-34-16/h8,10,12,14H,4-7,9,11,13H2,1-3H3,(H,25,31)(H,26,30)/t14-/m1/s1. The van der Waals surface area contributed by atoms with Crippen molar-refractivity contribution in [2.24, 2.45) is 7.05 Å². The molecule has 192 valence electrons. The Bertz CT molecular complexity index is 1230. The van der Waals surface area contributed by atoms with Crippen LogP contribution in [0.2, 0.25) is 0 Å². The highest BCUT2D eigenvalue weighted by Crippen LogP contribution is 2.38. The topological polar surface area (TPSA) is 128 Å². The van der Waals surface area contributed by atoms with Crippen molar-refractivity contribution in [3.05, 3.63) is 46.0 Å². The van der Waals surface area contributed by atoms with Crippen LogP contribution in [0.15, 0.2) is 28.0 Å². The van der Waals surface area contributed by atoms with Crippen molar-refractivity contribution in [1.82, 2.24) is 20.1 Å². The highest BCUT2D eigenvalue weighted by molar-refractivity contribution is 8.00. The molecule has 1 atom stereocenters. The summed E-state index contributed by atoms with van der Waals surface area (Å²) in [4.78, 5) is 39.1. The second kappa shape index (κ2) is 11.7. The Morgan fingerprint density at radius 1 is 1.25 bits per heavy atom. The summed E-state index contributed by atoms with van der Waals surface area (Å²) in [6, 6.07) is 3.22. The Balaban J connectivity index is 1.42. The van der Waals surface area contributed by atoms with Crippen LogP contribution in [0, 0.1) is 0 Å². The van der Waals surface area contributed by atoms with Crippen LogP contribution in [0.25, 0.3) is 0 Å². The normalized spacial score (nSPS) is 14.0. The van der Waals surface area contributed by atoms with Crippen LogP contribution in [-0.2, 0) is 36.0 Å². The number of nitrogens with one attached hydrogen (secondary N) is 2. The van der Waals surface area contributed by atoms with E-state index >= 15 is 0 Å². The number of hydrogen-bond donors (Lipinski definition) is 2. The van der Waals surface area contributed by atoms with Crippen molar-refractivity contribution in [2.45, 2.75) is 62.9 Å². The third-order valence-corrected chi connectivity index (χ3v) is 8.21. The Morgan fingerprint density at radius 2 is 2.06 bits per heavy atom. The van der Waals surface area contributed by atoms with Gasteiger partial charge in [-0.3, -0.25) is 9.59 Å². The van der Waals surface area contributed by atoms with Gasteiger partial charge in [0.25, 0.3) is 5.91 Å². The number of thiophene rings is 1. The number of aromatic nitrogens is 3. The largest absolute Gasteiger partial charge is 0.462 e. The van der Waals surface area contributed by atoms with Gasteiger partial charge in [0.15, 0.2) is 16.7 Å². The maximum atomic E-state index is 13.1. The lowest BCUT2D eigenvalue weighted by Gasteiger charge is -2.12. The highest BCUT2D eigenvalue weighted by atomic mass is 32.2. The van der Waals surface area contributed by atoms with Crippen molar-refractivity contribution >= 4 is 45.9 Å². The van der Waals surface area contributed by atoms with Crippen LogP contribution in [0.3, 0.4) is 0 Å². The van der Waals surface area contributed by atoms with Crippen molar-refractivity contribution in [2.75, 3.05) is 11.9 Å². The number of carbonyl (C=O) groups excluding carboxylic acids is 3. The summed E-state index contributed by atoms with van der Waals surface area (Å²) in [5.74, 6) is -0.224. The molecule has 0 radical (unpaired) electrons. The molecule has 0 aliphatic heterocycles. The Labute approximate surface area is 217 Å². The van der Waals surface area contributed by atoms with E-state index in [2.05, 4.69) is 20.8 Å². The number of ether oxygens (including phenoxy) is 1. The number of aryl methyl sites for hydroxylation is 1. The van der Waals surface area contributed by atoms with Gasteiger partial charge in [-0.25, -0.2) is 4.79 Å². The summed E-state index contributed by atoms with van der Waals surface area (Å²) in [5.41, 5.74) is 1.51. The molecule has 3 heterocycles. The maximum absolute atomic E-state index is 13.1. The van der Waals surface area contributed by atoms with E-state index in [1.807, 2.05) is 0 Å². The first-order chi connectivity index (χ1) is 17.4. The number of anilines is 1. The molecule has 0 saturated heterocycles. The molecular weight excluding hydrogens is 502 g/mol. The van der Waals surface area contributed by atoms with Crippen LogP contribution in [0.4, 0.5) is 5.00 Å². The summed E-state index contributed by atoms with van der Waals surface area (Å²) >= 11 is 2.72. The predicted molar refractivity (Wildman–Crippen MR) is 136 cm³/mol. The summed E-state index contributed by atoms with van der Waals surface area (Å²) in [6.07, 6.45) is 6.38. The number of fused-ring (bicyclic) bond motifs is 1.